The number of likely N-dealkylation sites (N-methyl/N-ethyl adjacent to an activating group) is 1. The Balaban J connectivity index is 0. The van der Waals surface area contributed by atoms with Gasteiger partial charge in [-0.25, -0.2) is 0 Å². The van der Waals surface area contributed by atoms with Gasteiger partial charge in [0, 0.05) is 23.9 Å². The predicted octanol–water partition coefficient (Wildman–Crippen LogP) is 5.77. The van der Waals surface area contributed by atoms with Crippen molar-refractivity contribution in [3.05, 3.63) is 30.1 Å². The highest BCUT2D eigenvalue weighted by molar-refractivity contribution is 5.09. The highest BCUT2D eigenvalue weighted by Gasteiger charge is 2.36. The maximum Gasteiger partial charge on any atom is 0.0785 e. The van der Waals surface area contributed by atoms with Crippen LogP contribution in [0.1, 0.15) is 66.0 Å². The Bertz CT molecular complexity index is 344. The summed E-state index contributed by atoms with van der Waals surface area (Å²) in [5.41, 5.74) is 1.57. The van der Waals surface area contributed by atoms with Crippen molar-refractivity contribution in [2.75, 3.05) is 21.3 Å². The average Bonchev–Trinajstić information content (AvgIpc) is 2.63. The van der Waals surface area contributed by atoms with E-state index in [2.05, 4.69) is 43.0 Å². The maximum absolute atomic E-state index is 9.50. The lowest BCUT2D eigenvalue weighted by molar-refractivity contribution is 0.0820. The first-order valence-corrected chi connectivity index (χ1v) is 9.07. The molecular formula is C20H39FN2. The standard InChI is InChI=1S/C15H24N2.2C2H6.CH3F/c1-13-7-9-15(10-8-13,17(2)3)12-14-6-4-5-11-16-14;3*1-2/h4-6,11,13H,7-10,12H2,1-3H3;2*1-2H3;1H3. The summed E-state index contributed by atoms with van der Waals surface area (Å²) in [6, 6.07) is 6.25. The topological polar surface area (TPSA) is 16.1 Å². The number of alkyl halides is 1. The van der Waals surface area contributed by atoms with Gasteiger partial charge in [0.1, 0.15) is 0 Å². The lowest BCUT2D eigenvalue weighted by Crippen LogP contribution is -2.48. The van der Waals surface area contributed by atoms with Crippen LogP contribution in [0.25, 0.3) is 0 Å². The fourth-order valence-electron chi connectivity index (χ4n) is 2.92. The van der Waals surface area contributed by atoms with Gasteiger partial charge in [-0.05, 0) is 57.8 Å². The maximum atomic E-state index is 9.50. The van der Waals surface area contributed by atoms with Gasteiger partial charge >= 0.3 is 0 Å². The zero-order chi connectivity index (χ0) is 18.3. The molecule has 0 amide bonds. The van der Waals surface area contributed by atoms with Gasteiger partial charge < -0.3 is 4.90 Å². The third kappa shape index (κ3) is 8.45. The molecule has 2 rings (SSSR count). The number of halogens is 1. The summed E-state index contributed by atoms with van der Waals surface area (Å²) in [6.45, 7) is 10.4. The molecule has 0 saturated heterocycles. The molecule has 1 heterocycles. The van der Waals surface area contributed by atoms with Crippen molar-refractivity contribution >= 4 is 0 Å². The molecule has 0 spiro atoms. The van der Waals surface area contributed by atoms with E-state index in [0.717, 1.165) is 12.3 Å². The van der Waals surface area contributed by atoms with Crippen molar-refractivity contribution in [3.8, 4) is 0 Å². The summed E-state index contributed by atoms with van der Waals surface area (Å²) >= 11 is 0. The summed E-state index contributed by atoms with van der Waals surface area (Å²) in [6.07, 6.45) is 8.31. The van der Waals surface area contributed by atoms with E-state index in [1.807, 2.05) is 40.0 Å². The monoisotopic (exact) mass is 326 g/mol. The molecular weight excluding hydrogens is 287 g/mol. The van der Waals surface area contributed by atoms with Crippen LogP contribution in [0.3, 0.4) is 0 Å². The van der Waals surface area contributed by atoms with Crippen molar-refractivity contribution in [1.82, 2.24) is 9.88 Å². The minimum atomic E-state index is 0.334. The van der Waals surface area contributed by atoms with E-state index >= 15 is 0 Å². The molecule has 1 aromatic heterocycles. The molecule has 1 saturated carbocycles. The van der Waals surface area contributed by atoms with Crippen LogP contribution in [0.5, 0.6) is 0 Å². The van der Waals surface area contributed by atoms with E-state index in [1.165, 1.54) is 31.4 Å². The molecule has 136 valence electrons. The van der Waals surface area contributed by atoms with Crippen molar-refractivity contribution < 1.29 is 4.39 Å². The Hall–Kier alpha value is -0.960. The molecule has 23 heavy (non-hydrogen) atoms. The zero-order valence-electron chi connectivity index (χ0n) is 16.7. The Labute approximate surface area is 144 Å². The van der Waals surface area contributed by atoms with Crippen LogP contribution < -0.4 is 0 Å². The van der Waals surface area contributed by atoms with Crippen molar-refractivity contribution in [2.45, 2.75) is 72.3 Å². The van der Waals surface area contributed by atoms with Crippen molar-refractivity contribution in [2.24, 2.45) is 5.92 Å². The van der Waals surface area contributed by atoms with Gasteiger partial charge in [0.05, 0.1) is 7.18 Å². The fraction of sp³-hybridized carbons (Fsp3) is 0.750. The predicted molar refractivity (Wildman–Crippen MR) is 102 cm³/mol. The van der Waals surface area contributed by atoms with Gasteiger partial charge in [-0.3, -0.25) is 9.37 Å². The largest absolute Gasteiger partial charge is 0.303 e. The van der Waals surface area contributed by atoms with Gasteiger partial charge in [-0.1, -0.05) is 40.7 Å². The molecule has 0 atom stereocenters. The van der Waals surface area contributed by atoms with E-state index in [0.29, 0.717) is 12.7 Å². The third-order valence-corrected chi connectivity index (χ3v) is 4.39. The number of pyridine rings is 1. The number of hydrogen-bond donors (Lipinski definition) is 0. The van der Waals surface area contributed by atoms with Gasteiger partial charge in [0.2, 0.25) is 0 Å². The quantitative estimate of drug-likeness (QED) is 0.700. The Morgan fingerprint density at radius 3 is 2.00 bits per heavy atom. The minimum Gasteiger partial charge on any atom is -0.303 e. The molecule has 1 aliphatic carbocycles. The summed E-state index contributed by atoms with van der Waals surface area (Å²) in [7, 11) is 4.94. The van der Waals surface area contributed by atoms with Crippen LogP contribution in [0, 0.1) is 5.92 Å². The zero-order valence-corrected chi connectivity index (χ0v) is 16.7. The van der Waals surface area contributed by atoms with Gasteiger partial charge in [0.15, 0.2) is 0 Å². The number of nitrogens with zero attached hydrogens (tertiary/aromatic N) is 2. The normalized spacial score (nSPS) is 22.6. The number of aromatic nitrogens is 1. The van der Waals surface area contributed by atoms with Gasteiger partial charge in [-0.15, -0.1) is 0 Å². The molecule has 2 nitrogen and oxygen atoms in total. The summed E-state index contributed by atoms with van der Waals surface area (Å²) in [5, 5.41) is 0. The molecule has 1 aliphatic rings. The lowest BCUT2D eigenvalue weighted by atomic mass is 9.74. The number of hydrogen-bond acceptors (Lipinski definition) is 2. The van der Waals surface area contributed by atoms with Gasteiger partial charge in [-0.2, -0.15) is 0 Å². The molecule has 0 aromatic carbocycles. The molecule has 0 unspecified atom stereocenters. The van der Waals surface area contributed by atoms with Crippen molar-refractivity contribution in [3.63, 3.8) is 0 Å². The molecule has 1 aromatic rings. The SMILES string of the molecule is CC.CC.CC1CCC(Cc2ccccn2)(N(C)C)CC1.CF. The highest BCUT2D eigenvalue weighted by atomic mass is 19.1. The third-order valence-electron chi connectivity index (χ3n) is 4.39. The lowest BCUT2D eigenvalue weighted by Gasteiger charge is -2.44. The molecule has 3 heteroatoms. The van der Waals surface area contributed by atoms with Crippen molar-refractivity contribution in [1.29, 1.82) is 0 Å². The highest BCUT2D eigenvalue weighted by Crippen LogP contribution is 2.37. The van der Waals surface area contributed by atoms with E-state index in [4.69, 9.17) is 0 Å². The van der Waals surface area contributed by atoms with Crippen LogP contribution in [-0.4, -0.2) is 36.7 Å². The Kier molecular flexibility index (Phi) is 15.4. The van der Waals surface area contributed by atoms with Gasteiger partial charge in [0.25, 0.3) is 0 Å². The van der Waals surface area contributed by atoms with E-state index in [9.17, 15) is 4.39 Å². The second-order valence-electron chi connectivity index (χ2n) is 5.80. The first-order chi connectivity index (χ1) is 11.1. The first kappa shape index (κ1) is 24.3. The average molecular weight is 327 g/mol. The second-order valence-corrected chi connectivity index (χ2v) is 5.80. The second kappa shape index (κ2) is 14.6. The Morgan fingerprint density at radius 1 is 1.09 bits per heavy atom. The van der Waals surface area contributed by atoms with Crippen LogP contribution in [0.4, 0.5) is 4.39 Å². The molecule has 1 fully saturated rings. The van der Waals surface area contributed by atoms with Crippen LogP contribution in [0.15, 0.2) is 24.4 Å². The van der Waals surface area contributed by atoms with E-state index < -0.39 is 0 Å². The summed E-state index contributed by atoms with van der Waals surface area (Å²) < 4.78 is 9.50. The number of rotatable bonds is 3. The molecule has 0 radical (unpaired) electrons. The molecule has 0 aliphatic heterocycles. The smallest absolute Gasteiger partial charge is 0.0785 e. The summed E-state index contributed by atoms with van der Waals surface area (Å²) in [5.74, 6) is 0.895. The summed E-state index contributed by atoms with van der Waals surface area (Å²) in [4.78, 5) is 6.92. The van der Waals surface area contributed by atoms with E-state index in [-0.39, 0.29) is 0 Å². The Morgan fingerprint density at radius 2 is 1.61 bits per heavy atom. The molecule has 0 bridgehead atoms. The fourth-order valence-corrected chi connectivity index (χ4v) is 2.92. The van der Waals surface area contributed by atoms with E-state index in [1.54, 1.807) is 0 Å². The van der Waals surface area contributed by atoms with Crippen LogP contribution >= 0.6 is 0 Å². The van der Waals surface area contributed by atoms with Crippen LogP contribution in [0.2, 0.25) is 0 Å². The van der Waals surface area contributed by atoms with Crippen LogP contribution in [-0.2, 0) is 6.42 Å². The minimum absolute atomic E-state index is 0.334. The first-order valence-electron chi connectivity index (χ1n) is 9.07. The molecule has 0 N–H and O–H groups in total.